The van der Waals surface area contributed by atoms with Crippen LogP contribution in [0.4, 0.5) is 4.79 Å². The number of likely N-dealkylation sites (N-methyl/N-ethyl adjacent to an activating group) is 1. The van der Waals surface area contributed by atoms with Gasteiger partial charge in [0.2, 0.25) is 18.2 Å². The van der Waals surface area contributed by atoms with E-state index in [1.807, 2.05) is 65.8 Å². The molecule has 0 aliphatic carbocycles. The number of ether oxygens (including phenoxy) is 1. The average molecular weight is 661 g/mol. The molecule has 5 N–H and O–H groups in total. The molecular weight excluding hydrogens is 612 g/mol. The molecule has 4 atom stereocenters. The molecule has 258 valence electrons. The molecule has 4 amide bonds. The smallest absolute Gasteiger partial charge is 0.407 e. The Balaban J connectivity index is 1.63. The Hall–Kier alpha value is -5.12. The molecule has 0 bridgehead atoms. The lowest BCUT2D eigenvalue weighted by Gasteiger charge is -2.31. The number of hydrogen-bond donors (Lipinski definition) is 4. The third-order valence-corrected chi connectivity index (χ3v) is 8.33. The fraction of sp³-hybridized carbons (Fsp3) is 0.486. The predicted octanol–water partition coefficient (Wildman–Crippen LogP) is 3.35. The van der Waals surface area contributed by atoms with Crippen molar-refractivity contribution in [1.29, 1.82) is 0 Å². The van der Waals surface area contributed by atoms with Crippen LogP contribution in [-0.4, -0.2) is 88.2 Å². The Bertz CT molecular complexity index is 1540. The van der Waals surface area contributed by atoms with Crippen LogP contribution in [0.2, 0.25) is 0 Å². The number of aromatic amines is 1. The van der Waals surface area contributed by atoms with Crippen LogP contribution in [0.15, 0.2) is 47.7 Å². The summed E-state index contributed by atoms with van der Waals surface area (Å²) in [6.45, 7) is 12.3. The van der Waals surface area contributed by atoms with E-state index in [0.717, 1.165) is 23.2 Å². The zero-order chi connectivity index (χ0) is 35.4. The van der Waals surface area contributed by atoms with Crippen molar-refractivity contribution in [3.8, 4) is 23.1 Å². The third-order valence-electron chi connectivity index (χ3n) is 8.33. The molecule has 1 aromatic heterocycles. The summed E-state index contributed by atoms with van der Waals surface area (Å²) in [5, 5.41) is 5.26. The van der Waals surface area contributed by atoms with Gasteiger partial charge in [0, 0.05) is 30.9 Å². The highest BCUT2D eigenvalue weighted by Crippen LogP contribution is 2.24. The van der Waals surface area contributed by atoms with Crippen molar-refractivity contribution in [2.45, 2.75) is 78.6 Å². The minimum Gasteiger partial charge on any atom is -0.453 e. The average Bonchev–Trinajstić information content (AvgIpc) is 3.77. The molecule has 1 aromatic carbocycles. The summed E-state index contributed by atoms with van der Waals surface area (Å²) in [7, 11) is 1.26. The summed E-state index contributed by atoms with van der Waals surface area (Å²) in [5.41, 5.74) is 8.78. The minimum atomic E-state index is -0.727. The van der Waals surface area contributed by atoms with Crippen molar-refractivity contribution in [2.24, 2.45) is 22.6 Å². The Labute approximate surface area is 282 Å². The van der Waals surface area contributed by atoms with Crippen LogP contribution in [0.3, 0.4) is 0 Å². The summed E-state index contributed by atoms with van der Waals surface area (Å²) in [6.07, 6.45) is 6.21. The van der Waals surface area contributed by atoms with E-state index < -0.39 is 18.2 Å². The number of carbonyl (C=O) groups is 4. The molecule has 3 rings (SSSR count). The summed E-state index contributed by atoms with van der Waals surface area (Å²) < 4.78 is 4.68. The van der Waals surface area contributed by atoms with Crippen LogP contribution in [-0.2, 0) is 19.1 Å². The number of nitrogens with zero attached hydrogens (tertiary/aromatic N) is 4. The summed E-state index contributed by atoms with van der Waals surface area (Å²) in [6, 6.07) is 5.64. The number of benzene rings is 1. The first kappa shape index (κ1) is 37.3. The van der Waals surface area contributed by atoms with Crippen molar-refractivity contribution in [3.63, 3.8) is 0 Å². The molecular formula is C35H48N8O5. The Morgan fingerprint density at radius 3 is 2.46 bits per heavy atom. The number of amidine groups is 1. The molecule has 1 saturated heterocycles. The Kier molecular flexibility index (Phi) is 13.8. The van der Waals surface area contributed by atoms with Gasteiger partial charge >= 0.3 is 6.09 Å². The van der Waals surface area contributed by atoms with E-state index in [-0.39, 0.29) is 35.7 Å². The van der Waals surface area contributed by atoms with Gasteiger partial charge in [-0.05, 0) is 56.2 Å². The number of carbonyl (C=O) groups excluding carboxylic acids is 4. The molecule has 0 saturated carbocycles. The predicted molar refractivity (Wildman–Crippen MR) is 184 cm³/mol. The number of likely N-dealkylation sites (tertiary alicyclic amines) is 1. The maximum absolute atomic E-state index is 13.2. The lowest BCUT2D eigenvalue weighted by Crippen LogP contribution is -2.54. The largest absolute Gasteiger partial charge is 0.453 e. The van der Waals surface area contributed by atoms with Crippen molar-refractivity contribution < 1.29 is 23.9 Å². The van der Waals surface area contributed by atoms with Crippen LogP contribution in [0.1, 0.15) is 71.8 Å². The second-order valence-electron chi connectivity index (χ2n) is 12.3. The molecule has 1 fully saturated rings. The second-order valence-corrected chi connectivity index (χ2v) is 12.3. The maximum Gasteiger partial charge on any atom is 0.407 e. The monoisotopic (exact) mass is 660 g/mol. The zero-order valence-electron chi connectivity index (χ0n) is 28.8. The number of amides is 4. The number of imidazole rings is 1. The first-order valence-corrected chi connectivity index (χ1v) is 16.2. The number of H-pyrrole nitrogens is 1. The van der Waals surface area contributed by atoms with Crippen LogP contribution in [0, 0.1) is 23.7 Å². The fourth-order valence-corrected chi connectivity index (χ4v) is 5.59. The van der Waals surface area contributed by atoms with Gasteiger partial charge in [-0.2, -0.15) is 0 Å². The Morgan fingerprint density at radius 2 is 1.85 bits per heavy atom. The van der Waals surface area contributed by atoms with Crippen molar-refractivity contribution >= 4 is 30.2 Å². The zero-order valence-corrected chi connectivity index (χ0v) is 28.8. The highest BCUT2D eigenvalue weighted by molar-refractivity contribution is 5.94. The van der Waals surface area contributed by atoms with Gasteiger partial charge in [-0.1, -0.05) is 51.7 Å². The number of allylic oxidation sites excluding steroid dienone is 1. The highest BCUT2D eigenvalue weighted by Gasteiger charge is 2.37. The molecule has 1 aliphatic heterocycles. The number of aliphatic imine (C=N–C) groups is 1. The SMILES string of the molecule is CCN(C(=O)[C@H](NC=O)C(C)C)[C@H](C)c1ncc(-c2ccc(C#C/C=C/N=C(N)[C@H]3CCCN3C(=O)C(NC(=O)OC)C(C)C)cc2)[nH]1. The number of nitrogens with two attached hydrogens (primary N) is 1. The van der Waals surface area contributed by atoms with E-state index in [1.54, 1.807) is 22.1 Å². The Morgan fingerprint density at radius 1 is 1.17 bits per heavy atom. The third kappa shape index (κ3) is 9.47. The number of nitrogens with one attached hydrogen (secondary N) is 3. The van der Waals surface area contributed by atoms with Crippen LogP contribution in [0.5, 0.6) is 0 Å². The summed E-state index contributed by atoms with van der Waals surface area (Å²) in [5.74, 6) is 6.41. The van der Waals surface area contributed by atoms with Gasteiger partial charge in [0.05, 0.1) is 31.1 Å². The maximum atomic E-state index is 13.2. The quantitative estimate of drug-likeness (QED) is 0.110. The van der Waals surface area contributed by atoms with E-state index in [9.17, 15) is 19.2 Å². The van der Waals surface area contributed by atoms with Gasteiger partial charge in [0.1, 0.15) is 23.7 Å². The molecule has 13 nitrogen and oxygen atoms in total. The van der Waals surface area contributed by atoms with Crippen molar-refractivity contribution in [1.82, 2.24) is 30.4 Å². The molecule has 1 aliphatic rings. The second kappa shape index (κ2) is 17.7. The molecule has 48 heavy (non-hydrogen) atoms. The number of hydrogen-bond acceptors (Lipinski definition) is 7. The molecule has 0 radical (unpaired) electrons. The van der Waals surface area contributed by atoms with Crippen LogP contribution in [0.25, 0.3) is 11.3 Å². The van der Waals surface area contributed by atoms with Gasteiger partial charge in [0.15, 0.2) is 0 Å². The van der Waals surface area contributed by atoms with Crippen LogP contribution < -0.4 is 16.4 Å². The van der Waals surface area contributed by atoms with Gasteiger partial charge in [-0.25, -0.2) is 14.8 Å². The van der Waals surface area contributed by atoms with Gasteiger partial charge in [-0.3, -0.25) is 14.4 Å². The molecule has 0 spiro atoms. The number of alkyl carbamates (subject to hydrolysis) is 1. The van der Waals surface area contributed by atoms with E-state index in [4.69, 9.17) is 5.73 Å². The van der Waals surface area contributed by atoms with E-state index in [0.29, 0.717) is 37.6 Å². The van der Waals surface area contributed by atoms with Crippen LogP contribution >= 0.6 is 0 Å². The first-order valence-electron chi connectivity index (χ1n) is 16.2. The van der Waals surface area contributed by atoms with Crippen molar-refractivity contribution in [2.75, 3.05) is 20.2 Å². The first-order chi connectivity index (χ1) is 22.9. The standard InChI is InChI=1S/C35H48N8O5/c1-8-42(33(45)29(22(2)3)39-21-44)24(6)32-38-20-27(40-32)26-16-14-25(15-17-26)12-9-10-18-37-31(36)28-13-11-19-43(28)34(46)30(23(4)5)41-35(47)48-7/h10,14-18,20-24,28-30H,8,11,13,19H2,1-7H3,(H2,36,37)(H,38,40)(H,39,44)(H,41,47)/b18-10+/t24-,28-,29-,30?/m1/s1. The highest BCUT2D eigenvalue weighted by atomic mass is 16.5. The van der Waals surface area contributed by atoms with Gasteiger partial charge < -0.3 is 35.9 Å². The topological polar surface area (TPSA) is 175 Å². The molecule has 2 aromatic rings. The number of methoxy groups -OCH3 is 1. The minimum absolute atomic E-state index is 0.0546. The normalized spacial score (nSPS) is 16.6. The fourth-order valence-electron chi connectivity index (χ4n) is 5.59. The number of rotatable bonds is 13. The van der Waals surface area contributed by atoms with E-state index in [1.165, 1.54) is 13.3 Å². The van der Waals surface area contributed by atoms with E-state index >= 15 is 0 Å². The lowest BCUT2D eigenvalue weighted by molar-refractivity contribution is -0.138. The molecule has 1 unspecified atom stereocenters. The lowest BCUT2D eigenvalue weighted by atomic mass is 10.0. The summed E-state index contributed by atoms with van der Waals surface area (Å²) >= 11 is 0. The number of aromatic nitrogens is 2. The summed E-state index contributed by atoms with van der Waals surface area (Å²) in [4.78, 5) is 64.8. The molecule has 2 heterocycles. The van der Waals surface area contributed by atoms with Gasteiger partial charge in [-0.15, -0.1) is 0 Å². The van der Waals surface area contributed by atoms with E-state index in [2.05, 4.69) is 42.2 Å². The van der Waals surface area contributed by atoms with Crippen molar-refractivity contribution in [3.05, 3.63) is 54.1 Å². The molecule has 13 heteroatoms. The van der Waals surface area contributed by atoms with Gasteiger partial charge in [0.25, 0.3) is 0 Å².